The number of imidazole rings is 1. The van der Waals surface area contributed by atoms with Crippen LogP contribution in [0.25, 0.3) is 28.4 Å². The first-order valence-corrected chi connectivity index (χ1v) is 9.90. The molecule has 0 radical (unpaired) electrons. The van der Waals surface area contributed by atoms with Gasteiger partial charge in [-0.25, -0.2) is 14.2 Å². The fraction of sp³-hybridized carbons (Fsp3) is 0.364. The molecule has 6 nitrogen and oxygen atoms in total. The Kier molecular flexibility index (Phi) is 4.28. The molecule has 0 bridgehead atoms. The van der Waals surface area contributed by atoms with E-state index in [1.807, 2.05) is 25.3 Å². The molecule has 1 atom stereocenters. The number of alkyl halides is 1. The Hall–Kier alpha value is -2.93. The predicted molar refractivity (Wildman–Crippen MR) is 112 cm³/mol. The van der Waals surface area contributed by atoms with Crippen LogP contribution in [0.2, 0.25) is 0 Å². The molecule has 1 aromatic carbocycles. The maximum absolute atomic E-state index is 14.3. The summed E-state index contributed by atoms with van der Waals surface area (Å²) < 4.78 is 21.6. The quantitative estimate of drug-likeness (QED) is 0.621. The normalized spacial score (nSPS) is 20.0. The summed E-state index contributed by atoms with van der Waals surface area (Å²) in [6.07, 6.45) is 2.72. The average molecular weight is 394 g/mol. The van der Waals surface area contributed by atoms with Crippen LogP contribution in [0.15, 0.2) is 45.2 Å². The summed E-state index contributed by atoms with van der Waals surface area (Å²) in [5.41, 5.74) is 2.88. The molecule has 5 rings (SSSR count). The summed E-state index contributed by atoms with van der Waals surface area (Å²) in [7, 11) is 2.12. The van der Waals surface area contributed by atoms with Crippen LogP contribution in [-0.4, -0.2) is 47.7 Å². The number of likely N-dealkylation sites (N-methyl/N-ethyl adjacent to an activating group) is 1. The molecular formula is C22H23FN4O2. The van der Waals surface area contributed by atoms with Crippen molar-refractivity contribution in [2.45, 2.75) is 19.5 Å². The summed E-state index contributed by atoms with van der Waals surface area (Å²) in [6, 6.07) is 7.73. The van der Waals surface area contributed by atoms with Gasteiger partial charge in [-0.2, -0.15) is 0 Å². The highest BCUT2D eigenvalue weighted by molar-refractivity contribution is 5.84. The zero-order chi connectivity index (χ0) is 20.1. The molecule has 1 fully saturated rings. The number of hydrogen-bond acceptors (Lipinski definition) is 5. The zero-order valence-corrected chi connectivity index (χ0v) is 16.6. The van der Waals surface area contributed by atoms with Gasteiger partial charge in [0, 0.05) is 62.1 Å². The summed E-state index contributed by atoms with van der Waals surface area (Å²) in [6.45, 7) is 5.80. The van der Waals surface area contributed by atoms with Gasteiger partial charge >= 0.3 is 5.63 Å². The minimum Gasteiger partial charge on any atom is -0.422 e. The fourth-order valence-electron chi connectivity index (χ4n) is 4.08. The Morgan fingerprint density at radius 3 is 2.76 bits per heavy atom. The van der Waals surface area contributed by atoms with Gasteiger partial charge < -0.3 is 18.8 Å². The first-order chi connectivity index (χ1) is 14.0. The van der Waals surface area contributed by atoms with E-state index in [0.717, 1.165) is 42.8 Å². The lowest BCUT2D eigenvalue weighted by molar-refractivity contribution is 0.313. The van der Waals surface area contributed by atoms with E-state index in [1.54, 1.807) is 16.8 Å². The first kappa shape index (κ1) is 18.1. The van der Waals surface area contributed by atoms with Gasteiger partial charge in [0.1, 0.15) is 11.4 Å². The third kappa shape index (κ3) is 3.25. The Balaban J connectivity index is 1.52. The number of halogens is 1. The maximum atomic E-state index is 14.3. The third-order valence-electron chi connectivity index (χ3n) is 5.77. The molecular weight excluding hydrogens is 371 g/mol. The molecule has 0 aliphatic carbocycles. The molecule has 2 aliphatic heterocycles. The highest BCUT2D eigenvalue weighted by Gasteiger charge is 2.24. The van der Waals surface area contributed by atoms with Gasteiger partial charge in [-0.1, -0.05) is 5.57 Å². The second kappa shape index (κ2) is 6.84. The molecule has 1 unspecified atom stereocenters. The van der Waals surface area contributed by atoms with Gasteiger partial charge in [-0.05, 0) is 32.2 Å². The average Bonchev–Trinajstić information content (AvgIpc) is 3.11. The standard InChI is InChI=1S/C22H23FN4O2/c1-14-9-18(23)21-24-19(13-27(21)12-14)17-10-15-3-4-16(11-20(15)29-22(17)28)26-7-5-25(2)6-8-26/h3-4,10-13,18H,5-9H2,1-2H3. The number of nitrogens with zero attached hydrogens (tertiary/aromatic N) is 4. The van der Waals surface area contributed by atoms with E-state index in [9.17, 15) is 9.18 Å². The Morgan fingerprint density at radius 1 is 1.17 bits per heavy atom. The van der Waals surface area contributed by atoms with Crippen LogP contribution in [0.5, 0.6) is 0 Å². The first-order valence-electron chi connectivity index (χ1n) is 9.90. The van der Waals surface area contributed by atoms with Crippen LogP contribution >= 0.6 is 0 Å². The second-order valence-electron chi connectivity index (χ2n) is 8.00. The highest BCUT2D eigenvalue weighted by atomic mass is 19.1. The van der Waals surface area contributed by atoms with Crippen molar-refractivity contribution in [2.24, 2.45) is 0 Å². The van der Waals surface area contributed by atoms with Crippen LogP contribution in [0, 0.1) is 0 Å². The number of rotatable bonds is 2. The number of anilines is 1. The van der Waals surface area contributed by atoms with Crippen molar-refractivity contribution in [3.63, 3.8) is 0 Å². The number of benzene rings is 1. The van der Waals surface area contributed by atoms with Crippen LogP contribution in [0.4, 0.5) is 10.1 Å². The fourth-order valence-corrected chi connectivity index (χ4v) is 4.08. The molecule has 0 saturated carbocycles. The van der Waals surface area contributed by atoms with Gasteiger partial charge in [-0.3, -0.25) is 0 Å². The smallest absolute Gasteiger partial charge is 0.345 e. The molecule has 0 amide bonds. The molecule has 0 spiro atoms. The molecule has 2 aromatic heterocycles. The van der Waals surface area contributed by atoms with E-state index in [0.29, 0.717) is 29.1 Å². The summed E-state index contributed by atoms with van der Waals surface area (Å²) in [5, 5.41) is 0.826. The van der Waals surface area contributed by atoms with Gasteiger partial charge in [0.05, 0.1) is 11.3 Å². The minimum atomic E-state index is -1.16. The summed E-state index contributed by atoms with van der Waals surface area (Å²) in [4.78, 5) is 21.6. The van der Waals surface area contributed by atoms with Crippen molar-refractivity contribution in [3.8, 4) is 11.3 Å². The van der Waals surface area contributed by atoms with Crippen molar-refractivity contribution in [3.05, 3.63) is 52.3 Å². The minimum absolute atomic E-state index is 0.329. The largest absolute Gasteiger partial charge is 0.422 e. The van der Waals surface area contributed by atoms with Crippen molar-refractivity contribution in [1.29, 1.82) is 0 Å². The van der Waals surface area contributed by atoms with E-state index in [-0.39, 0.29) is 0 Å². The van der Waals surface area contributed by atoms with Crippen molar-refractivity contribution in [2.75, 3.05) is 38.1 Å². The number of aromatic nitrogens is 2. The van der Waals surface area contributed by atoms with E-state index in [1.165, 1.54) is 0 Å². The molecule has 7 heteroatoms. The molecule has 29 heavy (non-hydrogen) atoms. The van der Waals surface area contributed by atoms with Gasteiger partial charge in [0.25, 0.3) is 0 Å². The summed E-state index contributed by atoms with van der Waals surface area (Å²) >= 11 is 0. The highest BCUT2D eigenvalue weighted by Crippen LogP contribution is 2.32. The third-order valence-corrected chi connectivity index (χ3v) is 5.77. The Bertz CT molecular complexity index is 1170. The monoisotopic (exact) mass is 394 g/mol. The van der Waals surface area contributed by atoms with Crippen LogP contribution in [0.3, 0.4) is 0 Å². The lowest BCUT2D eigenvalue weighted by atomic mass is 10.1. The van der Waals surface area contributed by atoms with E-state index < -0.39 is 11.8 Å². The zero-order valence-electron chi connectivity index (χ0n) is 16.6. The van der Waals surface area contributed by atoms with E-state index in [4.69, 9.17) is 4.42 Å². The molecule has 0 N–H and O–H groups in total. The number of allylic oxidation sites excluding steroid dienone is 1. The van der Waals surface area contributed by atoms with Crippen LogP contribution in [0.1, 0.15) is 25.3 Å². The molecule has 1 saturated heterocycles. The van der Waals surface area contributed by atoms with Gasteiger partial charge in [0.15, 0.2) is 6.17 Å². The lowest BCUT2D eigenvalue weighted by Crippen LogP contribution is -2.44. The number of piperazine rings is 1. The Labute approximate surface area is 167 Å². The molecule has 3 aromatic rings. The van der Waals surface area contributed by atoms with Crippen molar-refractivity contribution in [1.82, 2.24) is 14.5 Å². The van der Waals surface area contributed by atoms with E-state index in [2.05, 4.69) is 27.9 Å². The second-order valence-corrected chi connectivity index (χ2v) is 8.00. The topological polar surface area (TPSA) is 54.5 Å². The van der Waals surface area contributed by atoms with Crippen LogP contribution < -0.4 is 10.5 Å². The molecule has 150 valence electrons. The maximum Gasteiger partial charge on any atom is 0.345 e. The molecule has 2 aliphatic rings. The van der Waals surface area contributed by atoms with Crippen LogP contribution in [-0.2, 0) is 0 Å². The van der Waals surface area contributed by atoms with Gasteiger partial charge in [-0.15, -0.1) is 0 Å². The Morgan fingerprint density at radius 2 is 1.97 bits per heavy atom. The molecule has 4 heterocycles. The lowest BCUT2D eigenvalue weighted by Gasteiger charge is -2.34. The van der Waals surface area contributed by atoms with Crippen molar-refractivity contribution < 1.29 is 8.81 Å². The van der Waals surface area contributed by atoms with Crippen molar-refractivity contribution >= 4 is 22.9 Å². The SMILES string of the molecule is CC1=Cn2cc(-c3cc4ccc(N5CCN(C)CC5)cc4oc3=O)nc2C(F)C1. The number of fused-ring (bicyclic) bond motifs is 2. The van der Waals surface area contributed by atoms with Gasteiger partial charge in [0.2, 0.25) is 0 Å². The number of hydrogen-bond donors (Lipinski definition) is 0. The predicted octanol–water partition coefficient (Wildman–Crippen LogP) is 3.68. The summed E-state index contributed by atoms with van der Waals surface area (Å²) in [5.74, 6) is 0.329. The van der Waals surface area contributed by atoms with E-state index >= 15 is 0 Å².